The number of aromatic nitrogens is 5. The van der Waals surface area contributed by atoms with Crippen LogP contribution in [0.15, 0.2) is 47.8 Å². The van der Waals surface area contributed by atoms with Crippen LogP contribution in [0.25, 0.3) is 11.3 Å². The number of nitrogens with zero attached hydrogens (tertiary/aromatic N) is 5. The maximum absolute atomic E-state index is 12.2. The average molecular weight is 395 g/mol. The summed E-state index contributed by atoms with van der Waals surface area (Å²) >= 11 is 1.33. The molecule has 0 saturated carbocycles. The Kier molecular flexibility index (Phi) is 5.52. The molecule has 8 nitrogen and oxygen atoms in total. The zero-order chi connectivity index (χ0) is 19.3. The van der Waals surface area contributed by atoms with Crippen LogP contribution in [0.2, 0.25) is 0 Å². The average Bonchev–Trinajstić information content (AvgIpc) is 3.36. The van der Waals surface area contributed by atoms with Crippen LogP contribution in [0.3, 0.4) is 0 Å². The molecule has 28 heavy (non-hydrogen) atoms. The normalized spacial score (nSPS) is 16.3. The lowest BCUT2D eigenvalue weighted by molar-refractivity contribution is -0.119. The van der Waals surface area contributed by atoms with E-state index in [4.69, 9.17) is 4.98 Å². The van der Waals surface area contributed by atoms with Gasteiger partial charge >= 0.3 is 0 Å². The summed E-state index contributed by atoms with van der Waals surface area (Å²) in [4.78, 5) is 27.6. The van der Waals surface area contributed by atoms with E-state index in [0.717, 1.165) is 30.0 Å². The Morgan fingerprint density at radius 2 is 2.14 bits per heavy atom. The Balaban J connectivity index is 1.32. The fourth-order valence-electron chi connectivity index (χ4n) is 3.12. The molecule has 4 rings (SSSR count). The van der Waals surface area contributed by atoms with Crippen molar-refractivity contribution in [1.82, 2.24) is 30.5 Å². The SMILES string of the molecule is Cc1nc(SCC(=O)NC2CCN(c3nccc(-c4ccccc4)n3)C2)n[nH]1. The second-order valence-electron chi connectivity index (χ2n) is 6.60. The van der Waals surface area contributed by atoms with E-state index in [-0.39, 0.29) is 11.9 Å². The van der Waals surface area contributed by atoms with Crippen molar-refractivity contribution in [3.8, 4) is 11.3 Å². The third-order valence-corrected chi connectivity index (χ3v) is 5.30. The van der Waals surface area contributed by atoms with Crippen molar-refractivity contribution in [2.24, 2.45) is 0 Å². The first kappa shape index (κ1) is 18.4. The molecule has 0 spiro atoms. The summed E-state index contributed by atoms with van der Waals surface area (Å²) < 4.78 is 0. The van der Waals surface area contributed by atoms with E-state index >= 15 is 0 Å². The van der Waals surface area contributed by atoms with Crippen molar-refractivity contribution in [2.75, 3.05) is 23.7 Å². The van der Waals surface area contributed by atoms with Gasteiger partial charge in [-0.2, -0.15) is 0 Å². The van der Waals surface area contributed by atoms with Gasteiger partial charge in [-0.25, -0.2) is 15.0 Å². The summed E-state index contributed by atoms with van der Waals surface area (Å²) in [5.41, 5.74) is 1.96. The zero-order valence-electron chi connectivity index (χ0n) is 15.5. The highest BCUT2D eigenvalue weighted by Gasteiger charge is 2.26. The van der Waals surface area contributed by atoms with Gasteiger partial charge in [-0.15, -0.1) is 5.10 Å². The molecule has 0 radical (unpaired) electrons. The van der Waals surface area contributed by atoms with Gasteiger partial charge in [0, 0.05) is 30.9 Å². The van der Waals surface area contributed by atoms with Gasteiger partial charge in [-0.1, -0.05) is 42.1 Å². The summed E-state index contributed by atoms with van der Waals surface area (Å²) in [7, 11) is 0. The van der Waals surface area contributed by atoms with Crippen LogP contribution in [0.5, 0.6) is 0 Å². The van der Waals surface area contributed by atoms with Crippen LogP contribution >= 0.6 is 11.8 Å². The molecule has 2 N–H and O–H groups in total. The molecule has 1 amide bonds. The largest absolute Gasteiger partial charge is 0.351 e. The number of carbonyl (C=O) groups is 1. The summed E-state index contributed by atoms with van der Waals surface area (Å²) in [6, 6.07) is 12.1. The van der Waals surface area contributed by atoms with Gasteiger partial charge in [-0.05, 0) is 19.4 Å². The predicted molar refractivity (Wildman–Crippen MR) is 108 cm³/mol. The monoisotopic (exact) mass is 395 g/mol. The van der Waals surface area contributed by atoms with Crippen LogP contribution in [-0.4, -0.2) is 55.9 Å². The Morgan fingerprint density at radius 1 is 1.29 bits per heavy atom. The number of amides is 1. The molecule has 0 aliphatic carbocycles. The van der Waals surface area contributed by atoms with Crippen LogP contribution in [-0.2, 0) is 4.79 Å². The molecule has 2 aromatic heterocycles. The van der Waals surface area contributed by atoms with E-state index in [0.29, 0.717) is 23.4 Å². The minimum absolute atomic E-state index is 0.0155. The van der Waals surface area contributed by atoms with Crippen molar-refractivity contribution in [1.29, 1.82) is 0 Å². The maximum Gasteiger partial charge on any atom is 0.230 e. The highest BCUT2D eigenvalue weighted by Crippen LogP contribution is 2.21. The van der Waals surface area contributed by atoms with Crippen LogP contribution in [0.4, 0.5) is 5.95 Å². The molecule has 1 aliphatic rings. The number of hydrogen-bond donors (Lipinski definition) is 2. The molecule has 3 aromatic rings. The van der Waals surface area contributed by atoms with E-state index in [1.807, 2.05) is 43.3 Å². The molecular weight excluding hydrogens is 374 g/mol. The fraction of sp³-hybridized carbons (Fsp3) is 0.316. The molecule has 1 fully saturated rings. The number of rotatable bonds is 6. The van der Waals surface area contributed by atoms with Gasteiger partial charge in [0.05, 0.1) is 11.4 Å². The molecular formula is C19H21N7OS. The number of aryl methyl sites for hydroxylation is 1. The molecule has 1 aliphatic heterocycles. The van der Waals surface area contributed by atoms with Crippen molar-refractivity contribution in [3.05, 3.63) is 48.4 Å². The van der Waals surface area contributed by atoms with E-state index in [1.165, 1.54) is 11.8 Å². The number of H-pyrrole nitrogens is 1. The second-order valence-corrected chi connectivity index (χ2v) is 7.54. The third kappa shape index (κ3) is 4.48. The molecule has 1 saturated heterocycles. The molecule has 3 heterocycles. The minimum Gasteiger partial charge on any atom is -0.351 e. The lowest BCUT2D eigenvalue weighted by Crippen LogP contribution is -2.38. The molecule has 1 atom stereocenters. The Labute approximate surface area is 167 Å². The first-order valence-electron chi connectivity index (χ1n) is 9.12. The highest BCUT2D eigenvalue weighted by molar-refractivity contribution is 7.99. The van der Waals surface area contributed by atoms with Crippen molar-refractivity contribution in [2.45, 2.75) is 24.5 Å². The topological polar surface area (TPSA) is 99.7 Å². The molecule has 144 valence electrons. The standard InChI is InChI=1S/C19H21N7OS/c1-13-21-19(25-24-13)28-12-17(27)22-15-8-10-26(11-15)18-20-9-7-16(23-18)14-5-3-2-4-6-14/h2-7,9,15H,8,10-12H2,1H3,(H,22,27)(H,21,24,25). The number of carbonyl (C=O) groups excluding carboxylic acids is 1. The molecule has 1 unspecified atom stereocenters. The van der Waals surface area contributed by atoms with Crippen molar-refractivity contribution in [3.63, 3.8) is 0 Å². The zero-order valence-corrected chi connectivity index (χ0v) is 16.3. The van der Waals surface area contributed by atoms with Crippen molar-refractivity contribution < 1.29 is 4.79 Å². The first-order valence-corrected chi connectivity index (χ1v) is 10.1. The Morgan fingerprint density at radius 3 is 2.93 bits per heavy atom. The summed E-state index contributed by atoms with van der Waals surface area (Å²) in [6.45, 7) is 3.35. The first-order chi connectivity index (χ1) is 13.7. The quantitative estimate of drug-likeness (QED) is 0.616. The highest BCUT2D eigenvalue weighted by atomic mass is 32.2. The number of benzene rings is 1. The van der Waals surface area contributed by atoms with Crippen LogP contribution in [0.1, 0.15) is 12.2 Å². The lowest BCUT2D eigenvalue weighted by Gasteiger charge is -2.17. The number of nitrogens with one attached hydrogen (secondary N) is 2. The van der Waals surface area contributed by atoms with Gasteiger partial charge in [0.1, 0.15) is 5.82 Å². The number of anilines is 1. The fourth-order valence-corrected chi connectivity index (χ4v) is 3.77. The Bertz CT molecular complexity index is 946. The van der Waals surface area contributed by atoms with E-state index in [1.54, 1.807) is 6.20 Å². The molecule has 1 aromatic carbocycles. The Hall–Kier alpha value is -2.94. The van der Waals surface area contributed by atoms with Gasteiger partial charge in [0.2, 0.25) is 17.0 Å². The molecule has 0 bridgehead atoms. The van der Waals surface area contributed by atoms with E-state index in [9.17, 15) is 4.79 Å². The lowest BCUT2D eigenvalue weighted by atomic mass is 10.1. The van der Waals surface area contributed by atoms with Crippen LogP contribution < -0.4 is 10.2 Å². The van der Waals surface area contributed by atoms with Gasteiger partial charge in [0.25, 0.3) is 0 Å². The predicted octanol–water partition coefficient (Wildman–Crippen LogP) is 2.06. The minimum atomic E-state index is -0.0155. The number of hydrogen-bond acceptors (Lipinski definition) is 7. The summed E-state index contributed by atoms with van der Waals surface area (Å²) in [5, 5.41) is 10.5. The number of aromatic amines is 1. The van der Waals surface area contributed by atoms with E-state index in [2.05, 4.69) is 30.4 Å². The molecule has 9 heteroatoms. The smallest absolute Gasteiger partial charge is 0.230 e. The van der Waals surface area contributed by atoms with Gasteiger partial charge in [-0.3, -0.25) is 9.89 Å². The number of thioether (sulfide) groups is 1. The summed E-state index contributed by atoms with van der Waals surface area (Å²) in [5.74, 6) is 1.72. The van der Waals surface area contributed by atoms with Gasteiger partial charge in [0.15, 0.2) is 0 Å². The maximum atomic E-state index is 12.2. The van der Waals surface area contributed by atoms with Gasteiger partial charge < -0.3 is 10.2 Å². The third-order valence-electron chi connectivity index (χ3n) is 4.46. The summed E-state index contributed by atoms with van der Waals surface area (Å²) in [6.07, 6.45) is 2.65. The van der Waals surface area contributed by atoms with Crippen molar-refractivity contribution >= 4 is 23.6 Å². The van der Waals surface area contributed by atoms with Crippen LogP contribution in [0, 0.1) is 6.92 Å². The second kappa shape index (κ2) is 8.39. The van der Waals surface area contributed by atoms with E-state index < -0.39 is 0 Å².